The van der Waals surface area contributed by atoms with Crippen molar-refractivity contribution in [3.8, 4) is 0 Å². The summed E-state index contributed by atoms with van der Waals surface area (Å²) in [6, 6.07) is 0. The Morgan fingerprint density at radius 1 is 0.485 bits per heavy atom. The predicted octanol–water partition coefficient (Wildman–Crippen LogP) is 8.44. The maximum Gasteiger partial charge on any atom is 0.0784 e. The van der Waals surface area contributed by atoms with Crippen LogP contribution in [-0.4, -0.2) is 37.1 Å². The van der Waals surface area contributed by atoms with E-state index in [0.717, 1.165) is 12.8 Å². The Balaban J connectivity index is 0. The van der Waals surface area contributed by atoms with E-state index in [1.165, 1.54) is 140 Å². The van der Waals surface area contributed by atoms with Gasteiger partial charge in [0.15, 0.2) is 0 Å². The van der Waals surface area contributed by atoms with Gasteiger partial charge in [-0.3, -0.25) is 0 Å². The SMILES string of the molecule is CCCCC(=O)[O-].CCCCCCCC[N+](C)(CCCCCCCC)CCCCCCCC. The molecular formula is C30H63NO2. The molecule has 0 N–H and O–H groups in total. The summed E-state index contributed by atoms with van der Waals surface area (Å²) in [7, 11) is 2.56. The normalized spacial score (nSPS) is 11.3. The average molecular weight is 470 g/mol. The third kappa shape index (κ3) is 29.4. The monoisotopic (exact) mass is 469 g/mol. The van der Waals surface area contributed by atoms with Crippen molar-refractivity contribution in [2.75, 3.05) is 26.7 Å². The van der Waals surface area contributed by atoms with Gasteiger partial charge in [0.2, 0.25) is 0 Å². The number of aliphatic carboxylic acids is 1. The maximum atomic E-state index is 9.65. The van der Waals surface area contributed by atoms with Crippen molar-refractivity contribution in [3.63, 3.8) is 0 Å². The summed E-state index contributed by atoms with van der Waals surface area (Å²) in [5.41, 5.74) is 0. The highest BCUT2D eigenvalue weighted by Crippen LogP contribution is 2.16. The summed E-state index contributed by atoms with van der Waals surface area (Å²) >= 11 is 0. The number of hydrogen-bond donors (Lipinski definition) is 0. The number of carboxylic acid groups (broad SMARTS) is 1. The predicted molar refractivity (Wildman–Crippen MR) is 145 cm³/mol. The van der Waals surface area contributed by atoms with E-state index < -0.39 is 5.97 Å². The summed E-state index contributed by atoms with van der Waals surface area (Å²) in [6.07, 6.45) is 27.7. The van der Waals surface area contributed by atoms with E-state index >= 15 is 0 Å². The van der Waals surface area contributed by atoms with Gasteiger partial charge in [-0.25, -0.2) is 0 Å². The number of rotatable bonds is 24. The highest BCUT2D eigenvalue weighted by atomic mass is 16.4. The smallest absolute Gasteiger partial charge is 0.0784 e. The zero-order chi connectivity index (χ0) is 25.0. The molecule has 0 rings (SSSR count). The van der Waals surface area contributed by atoms with Crippen LogP contribution in [0.5, 0.6) is 0 Å². The fraction of sp³-hybridized carbons (Fsp3) is 0.967. The van der Waals surface area contributed by atoms with Crippen LogP contribution in [0.2, 0.25) is 0 Å². The fourth-order valence-electron chi connectivity index (χ4n) is 4.48. The maximum absolute atomic E-state index is 9.65. The molecule has 0 saturated carbocycles. The first kappa shape index (κ1) is 34.6. The minimum Gasteiger partial charge on any atom is -0.550 e. The molecule has 0 radical (unpaired) electrons. The van der Waals surface area contributed by atoms with Gasteiger partial charge in [0.05, 0.1) is 26.7 Å². The topological polar surface area (TPSA) is 40.1 Å². The number of carbonyl (C=O) groups excluding carboxylic acids is 1. The van der Waals surface area contributed by atoms with Gasteiger partial charge in [0.25, 0.3) is 0 Å². The molecule has 0 atom stereocenters. The van der Waals surface area contributed by atoms with E-state index in [1.54, 1.807) is 0 Å². The lowest BCUT2D eigenvalue weighted by atomic mass is 10.1. The van der Waals surface area contributed by atoms with Gasteiger partial charge in [-0.2, -0.15) is 0 Å². The van der Waals surface area contributed by atoms with Crippen molar-refractivity contribution in [2.45, 2.75) is 163 Å². The summed E-state index contributed by atoms with van der Waals surface area (Å²) in [5, 5.41) is 9.65. The van der Waals surface area contributed by atoms with Gasteiger partial charge in [-0.15, -0.1) is 0 Å². The number of carboxylic acids is 1. The molecular weight excluding hydrogens is 406 g/mol. The second-order valence-electron chi connectivity index (χ2n) is 10.6. The standard InChI is InChI=1S/C25H54N.C5H10O2/c1-5-8-11-14-17-20-23-26(4,24-21-18-15-12-9-6-2)25-22-19-16-13-10-7-3;1-2-3-4-5(6)7/h5-25H2,1-4H3;2-4H2,1H3,(H,6,7)/q+1;/p-1. The van der Waals surface area contributed by atoms with Crippen LogP contribution >= 0.6 is 0 Å². The lowest BCUT2D eigenvalue weighted by molar-refractivity contribution is -0.910. The summed E-state index contributed by atoms with van der Waals surface area (Å²) in [5.74, 6) is -0.943. The van der Waals surface area contributed by atoms with E-state index in [2.05, 4.69) is 27.8 Å². The number of nitrogens with zero attached hydrogens (tertiary/aromatic N) is 1. The highest BCUT2D eigenvalue weighted by Gasteiger charge is 2.20. The van der Waals surface area contributed by atoms with Crippen LogP contribution in [0.15, 0.2) is 0 Å². The third-order valence-electron chi connectivity index (χ3n) is 6.89. The van der Waals surface area contributed by atoms with Gasteiger partial charge in [0.1, 0.15) is 0 Å². The Bertz CT molecular complexity index is 343. The highest BCUT2D eigenvalue weighted by molar-refractivity contribution is 5.63. The van der Waals surface area contributed by atoms with Crippen LogP contribution in [0, 0.1) is 0 Å². The Labute approximate surface area is 209 Å². The van der Waals surface area contributed by atoms with Crippen molar-refractivity contribution in [1.82, 2.24) is 0 Å². The van der Waals surface area contributed by atoms with Gasteiger partial charge in [0, 0.05) is 5.97 Å². The van der Waals surface area contributed by atoms with Crippen LogP contribution in [0.4, 0.5) is 0 Å². The minimum absolute atomic E-state index is 0.205. The number of quaternary nitrogens is 1. The zero-order valence-electron chi connectivity index (χ0n) is 23.7. The van der Waals surface area contributed by atoms with E-state index in [4.69, 9.17) is 0 Å². The molecule has 0 fully saturated rings. The molecule has 0 aliphatic rings. The number of hydrogen-bond acceptors (Lipinski definition) is 2. The summed E-state index contributed by atoms with van der Waals surface area (Å²) in [6.45, 7) is 13.2. The molecule has 0 heterocycles. The van der Waals surface area contributed by atoms with Gasteiger partial charge in [-0.1, -0.05) is 111 Å². The van der Waals surface area contributed by atoms with Crippen LogP contribution < -0.4 is 5.11 Å². The van der Waals surface area contributed by atoms with Crippen LogP contribution in [-0.2, 0) is 4.79 Å². The lowest BCUT2D eigenvalue weighted by Gasteiger charge is -2.35. The van der Waals surface area contributed by atoms with Gasteiger partial charge < -0.3 is 14.4 Å². The Morgan fingerprint density at radius 2 is 0.758 bits per heavy atom. The Morgan fingerprint density at radius 3 is 1.00 bits per heavy atom. The molecule has 200 valence electrons. The fourth-order valence-corrected chi connectivity index (χ4v) is 4.48. The molecule has 0 aliphatic carbocycles. The second kappa shape index (κ2) is 27.7. The van der Waals surface area contributed by atoms with Crippen LogP contribution in [0.1, 0.15) is 163 Å². The molecule has 0 aliphatic heterocycles. The zero-order valence-corrected chi connectivity index (χ0v) is 23.7. The molecule has 3 nitrogen and oxygen atoms in total. The van der Waals surface area contributed by atoms with E-state index in [-0.39, 0.29) is 6.42 Å². The van der Waals surface area contributed by atoms with E-state index in [0.29, 0.717) is 0 Å². The van der Waals surface area contributed by atoms with Crippen molar-refractivity contribution >= 4 is 5.97 Å². The Hall–Kier alpha value is -0.570. The van der Waals surface area contributed by atoms with E-state index in [9.17, 15) is 9.90 Å². The summed E-state index contributed by atoms with van der Waals surface area (Å²) in [4.78, 5) is 9.65. The second-order valence-corrected chi connectivity index (χ2v) is 10.6. The van der Waals surface area contributed by atoms with E-state index in [1.807, 2.05) is 6.92 Å². The van der Waals surface area contributed by atoms with Gasteiger partial charge >= 0.3 is 0 Å². The minimum atomic E-state index is -0.943. The quantitative estimate of drug-likeness (QED) is 0.105. The molecule has 33 heavy (non-hydrogen) atoms. The van der Waals surface area contributed by atoms with Crippen molar-refractivity contribution in [1.29, 1.82) is 0 Å². The number of unbranched alkanes of at least 4 members (excludes halogenated alkanes) is 16. The molecule has 0 spiro atoms. The molecule has 0 aromatic heterocycles. The summed E-state index contributed by atoms with van der Waals surface area (Å²) < 4.78 is 1.36. The molecule has 0 aromatic rings. The molecule has 0 saturated heterocycles. The molecule has 3 heteroatoms. The van der Waals surface area contributed by atoms with Crippen molar-refractivity contribution in [2.24, 2.45) is 0 Å². The lowest BCUT2D eigenvalue weighted by Crippen LogP contribution is -2.46. The number of carbonyl (C=O) groups is 1. The third-order valence-corrected chi connectivity index (χ3v) is 6.89. The first-order chi connectivity index (χ1) is 16.0. The first-order valence-corrected chi connectivity index (χ1v) is 15.0. The largest absolute Gasteiger partial charge is 0.550 e. The average Bonchev–Trinajstić information content (AvgIpc) is 2.80. The molecule has 0 bridgehead atoms. The van der Waals surface area contributed by atoms with Crippen LogP contribution in [0.25, 0.3) is 0 Å². The molecule has 0 unspecified atom stereocenters. The Kier molecular flexibility index (Phi) is 29.0. The van der Waals surface area contributed by atoms with Crippen molar-refractivity contribution in [3.05, 3.63) is 0 Å². The van der Waals surface area contributed by atoms with Crippen molar-refractivity contribution < 1.29 is 14.4 Å². The molecule has 0 amide bonds. The van der Waals surface area contributed by atoms with Gasteiger partial charge in [-0.05, 0) is 51.4 Å². The first-order valence-electron chi connectivity index (χ1n) is 15.0. The molecule has 0 aromatic carbocycles. The van der Waals surface area contributed by atoms with Crippen LogP contribution in [0.3, 0.4) is 0 Å².